The number of ketones is 1. The van der Waals surface area contributed by atoms with Crippen LogP contribution in [0.25, 0.3) is 0 Å². The van der Waals surface area contributed by atoms with E-state index in [0.717, 1.165) is 16.4 Å². The Bertz CT molecular complexity index is 515. The minimum absolute atomic E-state index is 0.0555. The summed E-state index contributed by atoms with van der Waals surface area (Å²) < 4.78 is 5.64. The van der Waals surface area contributed by atoms with Crippen molar-refractivity contribution in [2.45, 2.75) is 11.8 Å². The molecule has 0 spiro atoms. The minimum Gasteiger partial charge on any atom is -0.457 e. The second-order valence-electron chi connectivity index (χ2n) is 3.71. The fraction of sp³-hybridized carbons (Fsp3) is 0.0714. The zero-order valence-corrected chi connectivity index (χ0v) is 10.4. The summed E-state index contributed by atoms with van der Waals surface area (Å²) in [7, 11) is 0. The largest absolute Gasteiger partial charge is 0.457 e. The number of carbonyl (C=O) groups is 1. The third kappa shape index (κ3) is 3.11. The molecular formula is C14H13O2S+. The molecule has 0 saturated carbocycles. The van der Waals surface area contributed by atoms with Crippen molar-refractivity contribution in [2.75, 3.05) is 0 Å². The summed E-state index contributed by atoms with van der Waals surface area (Å²) >= 11 is 3.41. The fourth-order valence-electron chi connectivity index (χ4n) is 1.42. The lowest BCUT2D eigenvalue weighted by Gasteiger charge is -2.05. The van der Waals surface area contributed by atoms with Crippen LogP contribution in [-0.4, -0.2) is 5.78 Å². The van der Waals surface area contributed by atoms with Crippen LogP contribution < -0.4 is 4.74 Å². The summed E-state index contributed by atoms with van der Waals surface area (Å²) in [5.74, 6) is 1.54. The smallest absolute Gasteiger partial charge is 0.159 e. The molecule has 0 amide bonds. The highest BCUT2D eigenvalue weighted by molar-refractivity contribution is 7.58. The molecule has 2 nitrogen and oxygen atoms in total. The Morgan fingerprint density at radius 2 is 1.41 bits per heavy atom. The molecular weight excluding hydrogens is 232 g/mol. The highest BCUT2D eigenvalue weighted by Gasteiger charge is 2.01. The van der Waals surface area contributed by atoms with Gasteiger partial charge in [0, 0.05) is 5.56 Å². The van der Waals surface area contributed by atoms with E-state index in [2.05, 4.69) is 12.6 Å². The molecule has 2 aromatic rings. The Hall–Kier alpha value is -1.74. The number of benzene rings is 2. The number of carbonyl (C=O) groups excluding carboxylic acids is 1. The Morgan fingerprint density at radius 1 is 0.941 bits per heavy atom. The fourth-order valence-corrected chi connectivity index (χ4v) is 1.58. The van der Waals surface area contributed by atoms with Crippen molar-refractivity contribution >= 4 is 18.4 Å². The van der Waals surface area contributed by atoms with Gasteiger partial charge in [0.2, 0.25) is 0 Å². The SMILES string of the molecule is CC(=O)c1ccc(Oc2ccc([SH2+])cc2)cc1. The van der Waals surface area contributed by atoms with E-state index in [1.54, 1.807) is 31.2 Å². The Balaban J connectivity index is 2.13. The lowest BCUT2D eigenvalue weighted by Crippen LogP contribution is -1.91. The topological polar surface area (TPSA) is 26.3 Å². The second kappa shape index (κ2) is 5.06. The average molecular weight is 245 g/mol. The molecule has 0 bridgehead atoms. The van der Waals surface area contributed by atoms with Gasteiger partial charge in [-0.05, 0) is 68.1 Å². The van der Waals surface area contributed by atoms with Crippen LogP contribution in [0.1, 0.15) is 17.3 Å². The predicted molar refractivity (Wildman–Crippen MR) is 71.4 cm³/mol. The van der Waals surface area contributed by atoms with Crippen LogP contribution in [0.5, 0.6) is 11.5 Å². The molecule has 0 fully saturated rings. The average Bonchev–Trinajstić information content (AvgIpc) is 2.33. The number of hydrogen-bond donors (Lipinski definition) is 0. The maximum Gasteiger partial charge on any atom is 0.159 e. The predicted octanol–water partition coefficient (Wildman–Crippen LogP) is 3.05. The van der Waals surface area contributed by atoms with Gasteiger partial charge in [-0.2, -0.15) is 0 Å². The van der Waals surface area contributed by atoms with Crippen molar-refractivity contribution in [1.29, 1.82) is 0 Å². The summed E-state index contributed by atoms with van der Waals surface area (Å²) in [5.41, 5.74) is 0.688. The molecule has 0 N–H and O–H groups in total. The molecule has 0 aromatic heterocycles. The van der Waals surface area contributed by atoms with Gasteiger partial charge in [-0.1, -0.05) is 0 Å². The highest BCUT2D eigenvalue weighted by Crippen LogP contribution is 2.22. The van der Waals surface area contributed by atoms with Crippen molar-refractivity contribution in [3.63, 3.8) is 0 Å². The van der Waals surface area contributed by atoms with Crippen molar-refractivity contribution in [1.82, 2.24) is 0 Å². The molecule has 0 saturated heterocycles. The number of hydrogen-bond acceptors (Lipinski definition) is 2. The monoisotopic (exact) mass is 245 g/mol. The van der Waals surface area contributed by atoms with Gasteiger partial charge in [0.1, 0.15) is 11.5 Å². The summed E-state index contributed by atoms with van der Waals surface area (Å²) in [6.45, 7) is 1.55. The third-order valence-electron chi connectivity index (χ3n) is 2.35. The quantitative estimate of drug-likeness (QED) is 0.613. The van der Waals surface area contributed by atoms with E-state index in [-0.39, 0.29) is 5.78 Å². The van der Waals surface area contributed by atoms with E-state index in [1.165, 1.54) is 0 Å². The van der Waals surface area contributed by atoms with Gasteiger partial charge in [0.05, 0.1) is 0 Å². The number of Topliss-reactive ketones (excluding diaryl/α,β-unsaturated/α-hetero) is 1. The summed E-state index contributed by atoms with van der Waals surface area (Å²) in [5, 5.41) is 0. The van der Waals surface area contributed by atoms with Gasteiger partial charge < -0.3 is 4.74 Å². The molecule has 0 radical (unpaired) electrons. The van der Waals surface area contributed by atoms with E-state index in [9.17, 15) is 4.79 Å². The van der Waals surface area contributed by atoms with E-state index in [1.807, 2.05) is 24.3 Å². The highest BCUT2D eigenvalue weighted by atomic mass is 32.1. The van der Waals surface area contributed by atoms with Crippen LogP contribution in [0.4, 0.5) is 0 Å². The van der Waals surface area contributed by atoms with Gasteiger partial charge in [-0.15, -0.1) is 0 Å². The molecule has 0 atom stereocenters. The summed E-state index contributed by atoms with van der Waals surface area (Å²) in [6, 6.07) is 14.7. The first-order chi connectivity index (χ1) is 8.15. The Labute approximate surface area is 106 Å². The van der Waals surface area contributed by atoms with Gasteiger partial charge in [-0.25, -0.2) is 0 Å². The van der Waals surface area contributed by atoms with Crippen LogP contribution in [0.15, 0.2) is 53.4 Å². The second-order valence-corrected chi connectivity index (χ2v) is 4.28. The maximum atomic E-state index is 11.1. The first-order valence-electron chi connectivity index (χ1n) is 5.26. The molecule has 0 unspecified atom stereocenters. The number of rotatable bonds is 3. The lowest BCUT2D eigenvalue weighted by molar-refractivity contribution is 0.101. The van der Waals surface area contributed by atoms with Crippen molar-refractivity contribution in [2.24, 2.45) is 0 Å². The number of ether oxygens (including phenoxy) is 1. The normalized spacial score (nSPS) is 10.0. The molecule has 3 heteroatoms. The van der Waals surface area contributed by atoms with Crippen molar-refractivity contribution in [3.05, 3.63) is 54.1 Å². The minimum atomic E-state index is 0.0555. The first kappa shape index (κ1) is 11.7. The molecule has 0 heterocycles. The molecule has 2 rings (SSSR count). The third-order valence-corrected chi connectivity index (χ3v) is 2.68. The molecule has 86 valence electrons. The van der Waals surface area contributed by atoms with Crippen LogP contribution >= 0.6 is 0 Å². The Morgan fingerprint density at radius 3 is 1.88 bits per heavy atom. The zero-order valence-electron chi connectivity index (χ0n) is 9.44. The van der Waals surface area contributed by atoms with Crippen LogP contribution in [0.2, 0.25) is 0 Å². The van der Waals surface area contributed by atoms with E-state index in [0.29, 0.717) is 5.56 Å². The standard InChI is InChI=1S/C14H12O2S/c1-10(15)11-2-4-12(5-3-11)16-13-6-8-14(17)9-7-13/h2-9,17H,1H3/p+1. The summed E-state index contributed by atoms with van der Waals surface area (Å²) in [4.78, 5) is 12.1. The van der Waals surface area contributed by atoms with Crippen molar-refractivity contribution < 1.29 is 9.53 Å². The molecule has 0 aliphatic rings. The summed E-state index contributed by atoms with van der Waals surface area (Å²) in [6.07, 6.45) is 0. The van der Waals surface area contributed by atoms with Crippen LogP contribution in [-0.2, 0) is 12.6 Å². The molecule has 2 aromatic carbocycles. The van der Waals surface area contributed by atoms with Crippen LogP contribution in [0.3, 0.4) is 0 Å². The van der Waals surface area contributed by atoms with Gasteiger partial charge in [-0.3, -0.25) is 4.79 Å². The zero-order chi connectivity index (χ0) is 12.3. The van der Waals surface area contributed by atoms with E-state index >= 15 is 0 Å². The maximum absolute atomic E-state index is 11.1. The molecule has 17 heavy (non-hydrogen) atoms. The van der Waals surface area contributed by atoms with Crippen LogP contribution in [0, 0.1) is 0 Å². The van der Waals surface area contributed by atoms with E-state index < -0.39 is 0 Å². The molecule has 0 aliphatic carbocycles. The van der Waals surface area contributed by atoms with Gasteiger partial charge in [0.15, 0.2) is 10.7 Å². The van der Waals surface area contributed by atoms with Gasteiger partial charge >= 0.3 is 0 Å². The van der Waals surface area contributed by atoms with Crippen molar-refractivity contribution in [3.8, 4) is 11.5 Å². The lowest BCUT2D eigenvalue weighted by atomic mass is 10.1. The first-order valence-corrected chi connectivity index (χ1v) is 5.76. The Kier molecular flexibility index (Phi) is 3.49. The van der Waals surface area contributed by atoms with E-state index in [4.69, 9.17) is 4.74 Å². The van der Waals surface area contributed by atoms with Gasteiger partial charge in [0.25, 0.3) is 0 Å². The molecule has 0 aliphatic heterocycles.